The Morgan fingerprint density at radius 1 is 1.00 bits per heavy atom. The van der Waals surface area contributed by atoms with E-state index in [2.05, 4.69) is 28.7 Å². The van der Waals surface area contributed by atoms with E-state index in [1.807, 2.05) is 12.4 Å². The van der Waals surface area contributed by atoms with Crippen molar-refractivity contribution in [3.8, 4) is 0 Å². The van der Waals surface area contributed by atoms with E-state index in [4.69, 9.17) is 4.98 Å². The Balaban J connectivity index is 1.33. The van der Waals surface area contributed by atoms with Crippen molar-refractivity contribution in [1.29, 1.82) is 0 Å². The molecule has 0 spiro atoms. The molecule has 1 atom stereocenters. The van der Waals surface area contributed by atoms with Crippen molar-refractivity contribution in [2.75, 3.05) is 0 Å². The summed E-state index contributed by atoms with van der Waals surface area (Å²) in [5.74, 6) is 2.80. The van der Waals surface area contributed by atoms with E-state index in [0.717, 1.165) is 23.7 Å². The van der Waals surface area contributed by atoms with Gasteiger partial charge in [-0.1, -0.05) is 6.92 Å². The maximum atomic E-state index is 13.8. The summed E-state index contributed by atoms with van der Waals surface area (Å²) in [6.07, 6.45) is 13.3. The van der Waals surface area contributed by atoms with Gasteiger partial charge in [-0.15, -0.1) is 0 Å². The summed E-state index contributed by atoms with van der Waals surface area (Å²) in [7, 11) is 0. The normalized spacial score (nSPS) is 24.2. The molecule has 0 unspecified atom stereocenters. The molecule has 4 heteroatoms. The minimum absolute atomic E-state index is 0.175. The van der Waals surface area contributed by atoms with Crippen LogP contribution in [-0.4, -0.2) is 14.5 Å². The monoisotopic (exact) mass is 363 g/mol. The fourth-order valence-corrected chi connectivity index (χ4v) is 4.98. The van der Waals surface area contributed by atoms with Gasteiger partial charge in [-0.25, -0.2) is 9.37 Å². The predicted octanol–water partition coefficient (Wildman–Crippen LogP) is 5.98. The van der Waals surface area contributed by atoms with Gasteiger partial charge in [-0.2, -0.15) is 0 Å². The highest BCUT2D eigenvalue weighted by Gasteiger charge is 2.32. The van der Waals surface area contributed by atoms with Gasteiger partial charge in [0.1, 0.15) is 11.6 Å². The second-order valence-corrected chi connectivity index (χ2v) is 8.39. The Morgan fingerprint density at radius 3 is 2.59 bits per heavy atom. The molecule has 0 aliphatic heterocycles. The molecule has 27 heavy (non-hydrogen) atoms. The third-order valence-electron chi connectivity index (χ3n) is 6.70. The molecule has 3 nitrogen and oxygen atoms in total. The van der Waals surface area contributed by atoms with Crippen LogP contribution in [-0.2, 0) is 0 Å². The lowest BCUT2D eigenvalue weighted by Crippen LogP contribution is -2.20. The Morgan fingerprint density at radius 2 is 1.81 bits per heavy atom. The SMILES string of the molecule is C[C@@H](c1nccn1C1CC1)C1CCC(c2ccnc3ccc(F)cc23)CC1. The first-order valence-corrected chi connectivity index (χ1v) is 10.3. The van der Waals surface area contributed by atoms with Crippen LogP contribution >= 0.6 is 0 Å². The van der Waals surface area contributed by atoms with Crippen LogP contribution in [0.15, 0.2) is 42.9 Å². The van der Waals surface area contributed by atoms with Crippen molar-refractivity contribution in [1.82, 2.24) is 14.5 Å². The molecule has 2 aromatic heterocycles. The number of nitrogens with zero attached hydrogens (tertiary/aromatic N) is 3. The Labute approximate surface area is 159 Å². The molecule has 0 radical (unpaired) electrons. The summed E-state index contributed by atoms with van der Waals surface area (Å²) >= 11 is 0. The smallest absolute Gasteiger partial charge is 0.123 e. The highest BCUT2D eigenvalue weighted by Crippen LogP contribution is 2.44. The van der Waals surface area contributed by atoms with Crippen LogP contribution in [0.4, 0.5) is 4.39 Å². The van der Waals surface area contributed by atoms with Crippen molar-refractivity contribution < 1.29 is 4.39 Å². The zero-order valence-electron chi connectivity index (χ0n) is 15.8. The number of aromatic nitrogens is 3. The fraction of sp³-hybridized carbons (Fsp3) is 0.478. The van der Waals surface area contributed by atoms with Crippen molar-refractivity contribution in [3.05, 3.63) is 60.1 Å². The average Bonchev–Trinajstić information content (AvgIpc) is 3.43. The summed E-state index contributed by atoms with van der Waals surface area (Å²) in [6.45, 7) is 2.35. The number of hydrogen-bond acceptors (Lipinski definition) is 2. The number of rotatable bonds is 4. The summed E-state index contributed by atoms with van der Waals surface area (Å²) in [6, 6.07) is 7.73. The van der Waals surface area contributed by atoms with E-state index in [1.54, 1.807) is 12.1 Å². The second-order valence-electron chi connectivity index (χ2n) is 8.39. The molecule has 140 valence electrons. The number of hydrogen-bond donors (Lipinski definition) is 0. The van der Waals surface area contributed by atoms with Crippen LogP contribution in [0.2, 0.25) is 0 Å². The Kier molecular flexibility index (Phi) is 4.22. The summed E-state index contributed by atoms with van der Waals surface area (Å²) < 4.78 is 16.2. The van der Waals surface area contributed by atoms with Gasteiger partial charge in [0.15, 0.2) is 0 Å². The van der Waals surface area contributed by atoms with Crippen LogP contribution in [0.5, 0.6) is 0 Å². The number of fused-ring (bicyclic) bond motifs is 1. The van der Waals surface area contributed by atoms with Gasteiger partial charge in [0.05, 0.1) is 5.52 Å². The lowest BCUT2D eigenvalue weighted by atomic mass is 9.73. The first kappa shape index (κ1) is 16.9. The van der Waals surface area contributed by atoms with E-state index in [9.17, 15) is 4.39 Å². The summed E-state index contributed by atoms with van der Waals surface area (Å²) in [4.78, 5) is 9.10. The van der Waals surface area contributed by atoms with Gasteiger partial charge in [0.2, 0.25) is 0 Å². The zero-order valence-corrected chi connectivity index (χ0v) is 15.8. The zero-order chi connectivity index (χ0) is 18.4. The largest absolute Gasteiger partial charge is 0.332 e. The quantitative estimate of drug-likeness (QED) is 0.570. The molecule has 2 aliphatic rings. The van der Waals surface area contributed by atoms with Gasteiger partial charge in [-0.3, -0.25) is 4.98 Å². The molecule has 2 aliphatic carbocycles. The van der Waals surface area contributed by atoms with Crippen LogP contribution < -0.4 is 0 Å². The Bertz CT molecular complexity index is 951. The van der Waals surface area contributed by atoms with Gasteiger partial charge in [0.25, 0.3) is 0 Å². The van der Waals surface area contributed by atoms with Gasteiger partial charge < -0.3 is 4.57 Å². The van der Waals surface area contributed by atoms with Crippen molar-refractivity contribution >= 4 is 10.9 Å². The molecular weight excluding hydrogens is 337 g/mol. The lowest BCUT2D eigenvalue weighted by Gasteiger charge is -2.33. The molecular formula is C23H26FN3. The van der Waals surface area contributed by atoms with E-state index in [1.165, 1.54) is 43.1 Å². The maximum absolute atomic E-state index is 13.8. The van der Waals surface area contributed by atoms with E-state index < -0.39 is 0 Å². The highest BCUT2D eigenvalue weighted by molar-refractivity contribution is 5.82. The van der Waals surface area contributed by atoms with Crippen LogP contribution in [0.1, 0.15) is 74.7 Å². The molecule has 5 rings (SSSR count). The maximum Gasteiger partial charge on any atom is 0.123 e. The van der Waals surface area contributed by atoms with Gasteiger partial charge >= 0.3 is 0 Å². The molecule has 2 saturated carbocycles. The standard InChI is InChI=1S/C23H26FN3/c1-15(23-26-12-13-27(23)19-7-8-19)16-2-4-17(5-3-16)20-10-11-25-22-9-6-18(24)14-21(20)22/h6,9-17,19H,2-5,7-8H2,1H3/t15-,16?,17?/m1/s1. The van der Waals surface area contributed by atoms with Crippen molar-refractivity contribution in [3.63, 3.8) is 0 Å². The minimum Gasteiger partial charge on any atom is -0.332 e. The highest BCUT2D eigenvalue weighted by atomic mass is 19.1. The average molecular weight is 363 g/mol. The summed E-state index contributed by atoms with van der Waals surface area (Å²) in [5.41, 5.74) is 2.17. The third-order valence-corrected chi connectivity index (χ3v) is 6.70. The second kappa shape index (κ2) is 6.74. The molecule has 0 bridgehead atoms. The molecule has 1 aromatic carbocycles. The van der Waals surface area contributed by atoms with Crippen LogP contribution in [0.25, 0.3) is 10.9 Å². The number of halogens is 1. The molecule has 2 heterocycles. The lowest BCUT2D eigenvalue weighted by molar-refractivity contribution is 0.282. The first-order valence-electron chi connectivity index (χ1n) is 10.3. The first-order chi connectivity index (χ1) is 13.2. The van der Waals surface area contributed by atoms with E-state index in [-0.39, 0.29) is 5.82 Å². The van der Waals surface area contributed by atoms with Crippen molar-refractivity contribution in [2.45, 2.75) is 63.3 Å². The van der Waals surface area contributed by atoms with Crippen LogP contribution in [0, 0.1) is 11.7 Å². The van der Waals surface area contributed by atoms with Crippen LogP contribution in [0.3, 0.4) is 0 Å². The summed E-state index contributed by atoms with van der Waals surface area (Å²) in [5, 5.41) is 0.985. The minimum atomic E-state index is -0.175. The van der Waals surface area contributed by atoms with Crippen molar-refractivity contribution in [2.24, 2.45) is 5.92 Å². The topological polar surface area (TPSA) is 30.7 Å². The third kappa shape index (κ3) is 3.15. The molecule has 0 amide bonds. The Hall–Kier alpha value is -2.23. The predicted molar refractivity (Wildman–Crippen MR) is 105 cm³/mol. The number of pyridine rings is 1. The molecule has 0 saturated heterocycles. The molecule has 3 aromatic rings. The number of imidazole rings is 1. The van der Waals surface area contributed by atoms with E-state index >= 15 is 0 Å². The van der Waals surface area contributed by atoms with Gasteiger partial charge in [-0.05, 0) is 80.2 Å². The number of benzene rings is 1. The fourth-order valence-electron chi connectivity index (χ4n) is 4.98. The van der Waals surface area contributed by atoms with E-state index in [0.29, 0.717) is 23.8 Å². The van der Waals surface area contributed by atoms with Gasteiger partial charge in [0, 0.05) is 35.9 Å². The molecule has 0 N–H and O–H groups in total. The molecule has 2 fully saturated rings.